The molecule has 3 rings (SSSR count). The van der Waals surface area contributed by atoms with Crippen LogP contribution in [0.15, 0.2) is 30.6 Å². The molecule has 2 aromatic heterocycles. The molecule has 0 saturated carbocycles. The maximum absolute atomic E-state index is 13.6. The summed E-state index contributed by atoms with van der Waals surface area (Å²) in [5.74, 6) is -2.06. The van der Waals surface area contributed by atoms with Gasteiger partial charge < -0.3 is 15.0 Å². The first kappa shape index (κ1) is 14.9. The summed E-state index contributed by atoms with van der Waals surface area (Å²) in [5.41, 5.74) is 1.01. The molecular formula is C15H12F2N4O2. The summed E-state index contributed by atoms with van der Waals surface area (Å²) in [6.07, 6.45) is 2.76. The van der Waals surface area contributed by atoms with E-state index in [4.69, 9.17) is 4.74 Å². The molecule has 118 valence electrons. The first-order valence-electron chi connectivity index (χ1n) is 6.83. The number of aromatic amines is 1. The van der Waals surface area contributed by atoms with Gasteiger partial charge in [0.2, 0.25) is 5.88 Å². The fourth-order valence-electron chi connectivity index (χ4n) is 2.02. The first-order chi connectivity index (χ1) is 11.1. The van der Waals surface area contributed by atoms with Crippen molar-refractivity contribution >= 4 is 17.1 Å². The lowest BCUT2D eigenvalue weighted by Gasteiger charge is -2.06. The van der Waals surface area contributed by atoms with E-state index in [0.29, 0.717) is 29.3 Å². The fraction of sp³-hybridized carbons (Fsp3) is 0.133. The topological polar surface area (TPSA) is 79.9 Å². The summed E-state index contributed by atoms with van der Waals surface area (Å²) in [4.78, 5) is 23.0. The van der Waals surface area contributed by atoms with Crippen molar-refractivity contribution in [2.75, 3.05) is 6.54 Å². The number of ether oxygens (including phenoxy) is 1. The molecule has 0 saturated heterocycles. The highest BCUT2D eigenvalue weighted by atomic mass is 19.1. The van der Waals surface area contributed by atoms with E-state index in [0.717, 1.165) is 12.1 Å². The van der Waals surface area contributed by atoms with Crippen LogP contribution in [-0.4, -0.2) is 27.4 Å². The summed E-state index contributed by atoms with van der Waals surface area (Å²) in [6.45, 7) is 2.26. The van der Waals surface area contributed by atoms with Crippen LogP contribution >= 0.6 is 0 Å². The number of fused-ring (bicyclic) bond motifs is 1. The monoisotopic (exact) mass is 318 g/mol. The second kappa shape index (κ2) is 5.99. The van der Waals surface area contributed by atoms with E-state index in [1.165, 1.54) is 12.4 Å². The first-order valence-corrected chi connectivity index (χ1v) is 6.83. The van der Waals surface area contributed by atoms with Gasteiger partial charge in [0.1, 0.15) is 11.3 Å². The Balaban J connectivity index is 1.95. The summed E-state index contributed by atoms with van der Waals surface area (Å²) in [6, 6.07) is 2.93. The number of carbonyl (C=O) groups excluding carboxylic acids is 1. The highest BCUT2D eigenvalue weighted by Gasteiger charge is 2.15. The molecule has 8 heteroatoms. The molecule has 3 aromatic rings. The summed E-state index contributed by atoms with van der Waals surface area (Å²) in [7, 11) is 0. The minimum absolute atomic E-state index is 0.00634. The van der Waals surface area contributed by atoms with Crippen molar-refractivity contribution in [3.8, 4) is 11.6 Å². The van der Waals surface area contributed by atoms with Gasteiger partial charge in [0.25, 0.3) is 5.91 Å². The summed E-state index contributed by atoms with van der Waals surface area (Å²) < 4.78 is 31.8. The van der Waals surface area contributed by atoms with Gasteiger partial charge in [0.05, 0.1) is 11.8 Å². The Labute approximate surface area is 129 Å². The highest BCUT2D eigenvalue weighted by Crippen LogP contribution is 2.25. The van der Waals surface area contributed by atoms with Crippen LogP contribution in [0.3, 0.4) is 0 Å². The molecule has 0 unspecified atom stereocenters. The molecule has 0 fully saturated rings. The normalized spacial score (nSPS) is 10.7. The molecule has 0 aliphatic carbocycles. The number of carbonyl (C=O) groups is 1. The molecule has 6 nitrogen and oxygen atoms in total. The fourth-order valence-corrected chi connectivity index (χ4v) is 2.02. The van der Waals surface area contributed by atoms with Crippen LogP contribution in [0, 0.1) is 11.6 Å². The highest BCUT2D eigenvalue weighted by molar-refractivity contribution is 6.04. The van der Waals surface area contributed by atoms with E-state index < -0.39 is 11.6 Å². The lowest BCUT2D eigenvalue weighted by molar-refractivity contribution is 0.0957. The van der Waals surface area contributed by atoms with Crippen LogP contribution in [0.1, 0.15) is 17.3 Å². The van der Waals surface area contributed by atoms with Gasteiger partial charge in [-0.3, -0.25) is 4.79 Å². The van der Waals surface area contributed by atoms with Gasteiger partial charge >= 0.3 is 0 Å². The Bertz CT molecular complexity index is 879. The van der Waals surface area contributed by atoms with Gasteiger partial charge in [-0.1, -0.05) is 0 Å². The lowest BCUT2D eigenvalue weighted by atomic mass is 10.3. The number of aromatic nitrogens is 3. The number of nitrogens with zero attached hydrogens (tertiary/aromatic N) is 2. The number of amides is 1. The van der Waals surface area contributed by atoms with Gasteiger partial charge in [-0.15, -0.1) is 0 Å². The standard InChI is InChI=1S/C15H12F2N4O2/c1-2-18-15(22)9-6-19-14-13(9)21-12(7-20-14)23-11-4-3-8(16)5-10(11)17/h3-7H,2H2,1H3,(H,18,22)(H,19,20). The van der Waals surface area contributed by atoms with E-state index in [2.05, 4.69) is 20.3 Å². The smallest absolute Gasteiger partial charge is 0.255 e. The van der Waals surface area contributed by atoms with Crippen LogP contribution in [0.5, 0.6) is 11.6 Å². The molecule has 0 atom stereocenters. The average Bonchev–Trinajstić information content (AvgIpc) is 2.93. The molecule has 1 aromatic carbocycles. The largest absolute Gasteiger partial charge is 0.434 e. The Morgan fingerprint density at radius 2 is 2.22 bits per heavy atom. The van der Waals surface area contributed by atoms with Crippen LogP contribution in [0.2, 0.25) is 0 Å². The Kier molecular flexibility index (Phi) is 3.88. The quantitative estimate of drug-likeness (QED) is 0.775. The van der Waals surface area contributed by atoms with Crippen molar-refractivity contribution < 1.29 is 18.3 Å². The average molecular weight is 318 g/mol. The third-order valence-corrected chi connectivity index (χ3v) is 3.05. The zero-order valence-electron chi connectivity index (χ0n) is 12.1. The van der Waals surface area contributed by atoms with Crippen molar-refractivity contribution in [2.45, 2.75) is 6.92 Å². The molecule has 1 amide bonds. The second-order valence-corrected chi connectivity index (χ2v) is 4.64. The predicted octanol–water partition coefficient (Wildman–Crippen LogP) is 2.78. The number of hydrogen-bond acceptors (Lipinski definition) is 4. The minimum atomic E-state index is -0.857. The molecule has 0 aliphatic rings. The van der Waals surface area contributed by atoms with Crippen LogP contribution in [0.4, 0.5) is 8.78 Å². The maximum atomic E-state index is 13.6. The molecule has 2 heterocycles. The third kappa shape index (κ3) is 2.96. The zero-order chi connectivity index (χ0) is 16.4. The van der Waals surface area contributed by atoms with E-state index in [1.807, 2.05) is 0 Å². The van der Waals surface area contributed by atoms with Gasteiger partial charge in [-0.2, -0.15) is 0 Å². The number of H-pyrrole nitrogens is 1. The van der Waals surface area contributed by atoms with Crippen LogP contribution in [0.25, 0.3) is 11.2 Å². The molecule has 23 heavy (non-hydrogen) atoms. The van der Waals surface area contributed by atoms with Gasteiger partial charge in [0, 0.05) is 18.8 Å². The summed E-state index contributed by atoms with van der Waals surface area (Å²) >= 11 is 0. The Morgan fingerprint density at radius 1 is 1.39 bits per heavy atom. The SMILES string of the molecule is CCNC(=O)c1c[nH]c2ncc(Oc3ccc(F)cc3F)nc12. The molecule has 0 bridgehead atoms. The minimum Gasteiger partial charge on any atom is -0.434 e. The third-order valence-electron chi connectivity index (χ3n) is 3.05. The number of hydrogen-bond donors (Lipinski definition) is 2. The molecule has 0 spiro atoms. The van der Waals surface area contributed by atoms with E-state index in [-0.39, 0.29) is 17.5 Å². The zero-order valence-corrected chi connectivity index (χ0v) is 12.1. The predicted molar refractivity (Wildman–Crippen MR) is 78.3 cm³/mol. The van der Waals surface area contributed by atoms with Crippen molar-refractivity contribution in [3.05, 3.63) is 47.8 Å². The second-order valence-electron chi connectivity index (χ2n) is 4.64. The van der Waals surface area contributed by atoms with Gasteiger partial charge in [-0.05, 0) is 19.1 Å². The number of nitrogens with one attached hydrogen (secondary N) is 2. The van der Waals surface area contributed by atoms with Gasteiger partial charge in [-0.25, -0.2) is 18.7 Å². The maximum Gasteiger partial charge on any atom is 0.255 e. The van der Waals surface area contributed by atoms with Crippen LogP contribution in [-0.2, 0) is 0 Å². The number of benzene rings is 1. The van der Waals surface area contributed by atoms with Crippen molar-refractivity contribution in [1.82, 2.24) is 20.3 Å². The summed E-state index contributed by atoms with van der Waals surface area (Å²) in [5, 5.41) is 2.66. The molecule has 0 radical (unpaired) electrons. The number of rotatable bonds is 4. The van der Waals surface area contributed by atoms with Crippen molar-refractivity contribution in [1.29, 1.82) is 0 Å². The molecule has 2 N–H and O–H groups in total. The van der Waals surface area contributed by atoms with E-state index >= 15 is 0 Å². The Morgan fingerprint density at radius 3 is 2.96 bits per heavy atom. The van der Waals surface area contributed by atoms with Crippen molar-refractivity contribution in [2.24, 2.45) is 0 Å². The van der Waals surface area contributed by atoms with Gasteiger partial charge in [0.15, 0.2) is 17.2 Å². The van der Waals surface area contributed by atoms with Crippen LogP contribution < -0.4 is 10.1 Å². The Hall–Kier alpha value is -3.03. The van der Waals surface area contributed by atoms with E-state index in [1.54, 1.807) is 6.92 Å². The van der Waals surface area contributed by atoms with E-state index in [9.17, 15) is 13.6 Å². The number of halogens is 2. The lowest BCUT2D eigenvalue weighted by Crippen LogP contribution is -2.22. The van der Waals surface area contributed by atoms with Crippen molar-refractivity contribution in [3.63, 3.8) is 0 Å². The molecular weight excluding hydrogens is 306 g/mol. The molecule has 0 aliphatic heterocycles.